The van der Waals surface area contributed by atoms with Gasteiger partial charge in [-0.05, 0) is 27.7 Å². The SMILES string of the molecule is CC(=O)OC[C@H]1O[C@@H](n2cc(C(=O)NNC(=O)OC(C)(C)C)c3c(N)ncnc32)[C@](C)(OC(C)=O)[C@@H]1OC(C)=O. The van der Waals surface area contributed by atoms with Gasteiger partial charge in [-0.25, -0.2) is 20.2 Å². The van der Waals surface area contributed by atoms with Gasteiger partial charge in [0.25, 0.3) is 5.91 Å². The molecule has 1 fully saturated rings. The van der Waals surface area contributed by atoms with Crippen molar-refractivity contribution < 1.29 is 47.7 Å². The molecule has 2 amide bonds. The average molecular weight is 565 g/mol. The van der Waals surface area contributed by atoms with Gasteiger partial charge in [0.1, 0.15) is 36.1 Å². The van der Waals surface area contributed by atoms with Crippen LogP contribution in [0.5, 0.6) is 0 Å². The Balaban J connectivity index is 2.09. The topological polar surface area (TPSA) is 212 Å². The highest BCUT2D eigenvalue weighted by atomic mass is 16.7. The van der Waals surface area contributed by atoms with Gasteiger partial charge in [0, 0.05) is 27.0 Å². The zero-order valence-electron chi connectivity index (χ0n) is 23.1. The Bertz CT molecular complexity index is 1340. The maximum Gasteiger partial charge on any atom is 0.426 e. The van der Waals surface area contributed by atoms with Crippen LogP contribution < -0.4 is 16.6 Å². The van der Waals surface area contributed by atoms with Gasteiger partial charge in [-0.2, -0.15) is 0 Å². The van der Waals surface area contributed by atoms with Crippen LogP contribution in [-0.4, -0.2) is 74.5 Å². The molecule has 2 aromatic heterocycles. The Hall–Kier alpha value is -4.47. The molecular formula is C24H32N6O10. The molecule has 0 aliphatic carbocycles. The van der Waals surface area contributed by atoms with E-state index in [1.54, 1.807) is 20.8 Å². The lowest BCUT2D eigenvalue weighted by molar-refractivity contribution is -0.184. The summed E-state index contributed by atoms with van der Waals surface area (Å²) in [7, 11) is 0. The molecule has 3 heterocycles. The van der Waals surface area contributed by atoms with Gasteiger partial charge < -0.3 is 34.0 Å². The third kappa shape index (κ3) is 6.56. The minimum Gasteiger partial charge on any atom is -0.463 e. The van der Waals surface area contributed by atoms with Crippen LogP contribution in [0.4, 0.5) is 10.6 Å². The van der Waals surface area contributed by atoms with Crippen molar-refractivity contribution in [2.75, 3.05) is 12.3 Å². The number of fused-ring (bicyclic) bond motifs is 1. The van der Waals surface area contributed by atoms with Crippen LogP contribution in [-0.2, 0) is 38.1 Å². The quantitative estimate of drug-likeness (QED) is 0.253. The first kappa shape index (κ1) is 30.1. The van der Waals surface area contributed by atoms with E-state index in [9.17, 15) is 24.0 Å². The van der Waals surface area contributed by atoms with Gasteiger partial charge in [-0.1, -0.05) is 0 Å². The summed E-state index contributed by atoms with van der Waals surface area (Å²) in [6.07, 6.45) is -2.04. The number of hydrogen-bond donors (Lipinski definition) is 3. The number of amides is 2. The Morgan fingerprint density at radius 2 is 1.75 bits per heavy atom. The predicted octanol–water partition coefficient (Wildman–Crippen LogP) is 0.897. The molecule has 1 aliphatic heterocycles. The molecule has 0 bridgehead atoms. The highest BCUT2D eigenvalue weighted by Crippen LogP contribution is 2.45. The van der Waals surface area contributed by atoms with Gasteiger partial charge in [0.15, 0.2) is 17.9 Å². The van der Waals surface area contributed by atoms with Gasteiger partial charge in [-0.3, -0.25) is 24.6 Å². The number of ether oxygens (including phenoxy) is 5. The number of nitrogens with zero attached hydrogens (tertiary/aromatic N) is 3. The standard InChI is InChI=1S/C24H32N6O10/c1-11(31)36-9-15-17(37-12(2)32)24(7,39-13(3)33)21(38-15)30-8-14(16-18(25)26-10-27-19(16)30)20(34)28-29-22(35)40-23(4,5)6/h8,10,15,17,21H,9H2,1-7H3,(H,28,34)(H,29,35)(H2,25,26,27)/t15-,17-,21-,24-/m1/s1. The first-order valence-corrected chi connectivity index (χ1v) is 12.1. The highest BCUT2D eigenvalue weighted by Gasteiger charge is 2.60. The summed E-state index contributed by atoms with van der Waals surface area (Å²) in [6.45, 7) is 9.57. The largest absolute Gasteiger partial charge is 0.463 e. The van der Waals surface area contributed by atoms with Crippen molar-refractivity contribution in [2.45, 2.75) is 78.1 Å². The molecule has 1 saturated heterocycles. The van der Waals surface area contributed by atoms with E-state index in [0.29, 0.717) is 0 Å². The monoisotopic (exact) mass is 564 g/mol. The van der Waals surface area contributed by atoms with Crippen LogP contribution in [0.15, 0.2) is 12.5 Å². The maximum atomic E-state index is 13.1. The lowest BCUT2D eigenvalue weighted by Crippen LogP contribution is -2.50. The number of rotatable bonds is 6. The van der Waals surface area contributed by atoms with Crippen molar-refractivity contribution in [1.82, 2.24) is 25.4 Å². The zero-order valence-corrected chi connectivity index (χ0v) is 23.1. The van der Waals surface area contributed by atoms with Crippen LogP contribution in [0.2, 0.25) is 0 Å². The lowest BCUT2D eigenvalue weighted by atomic mass is 9.95. The molecule has 16 heteroatoms. The fraction of sp³-hybridized carbons (Fsp3) is 0.542. The number of anilines is 1. The molecule has 0 spiro atoms. The smallest absolute Gasteiger partial charge is 0.426 e. The summed E-state index contributed by atoms with van der Waals surface area (Å²) in [5, 5.41) is 0.0900. The number of hydrogen-bond acceptors (Lipinski definition) is 13. The third-order valence-corrected chi connectivity index (χ3v) is 5.62. The molecule has 0 saturated carbocycles. The van der Waals surface area contributed by atoms with Crippen LogP contribution in [0.1, 0.15) is 65.1 Å². The third-order valence-electron chi connectivity index (χ3n) is 5.62. The number of nitrogen functional groups attached to an aromatic ring is 1. The summed E-state index contributed by atoms with van der Waals surface area (Å²) >= 11 is 0. The van der Waals surface area contributed by atoms with Gasteiger partial charge in [0.05, 0.1) is 10.9 Å². The molecule has 2 aromatic rings. The number of carbonyl (C=O) groups is 5. The van der Waals surface area contributed by atoms with Gasteiger partial charge in [0.2, 0.25) is 0 Å². The molecule has 4 atom stereocenters. The Labute approximate surface area is 228 Å². The second kappa shape index (κ2) is 11.3. The molecule has 4 N–H and O–H groups in total. The highest BCUT2D eigenvalue weighted by molar-refractivity contribution is 6.09. The van der Waals surface area contributed by atoms with E-state index in [1.165, 1.54) is 24.6 Å². The van der Waals surface area contributed by atoms with Crippen LogP contribution >= 0.6 is 0 Å². The first-order valence-electron chi connectivity index (χ1n) is 12.1. The maximum absolute atomic E-state index is 13.1. The van der Waals surface area contributed by atoms with Gasteiger partial charge >= 0.3 is 24.0 Å². The number of nitrogens with two attached hydrogens (primary N) is 1. The molecule has 218 valence electrons. The summed E-state index contributed by atoms with van der Waals surface area (Å²) in [6, 6.07) is 0. The fourth-order valence-electron chi connectivity index (χ4n) is 4.28. The van der Waals surface area contributed by atoms with Crippen molar-refractivity contribution in [3.8, 4) is 0 Å². The van der Waals surface area contributed by atoms with Crippen molar-refractivity contribution >= 4 is 46.8 Å². The minimum atomic E-state index is -1.70. The second-order valence-electron chi connectivity index (χ2n) is 10.1. The summed E-state index contributed by atoms with van der Waals surface area (Å²) in [5.74, 6) is -2.95. The van der Waals surface area contributed by atoms with Crippen molar-refractivity contribution in [2.24, 2.45) is 0 Å². The first-order chi connectivity index (χ1) is 18.5. The van der Waals surface area contributed by atoms with E-state index >= 15 is 0 Å². The molecule has 40 heavy (non-hydrogen) atoms. The molecule has 0 aromatic carbocycles. The number of nitrogens with one attached hydrogen (secondary N) is 2. The lowest BCUT2D eigenvalue weighted by Gasteiger charge is -2.34. The normalized spacial score (nSPS) is 22.3. The van der Waals surface area contributed by atoms with Crippen LogP contribution in [0.25, 0.3) is 11.0 Å². The van der Waals surface area contributed by atoms with Crippen LogP contribution in [0, 0.1) is 0 Å². The van der Waals surface area contributed by atoms with E-state index < -0.39 is 59.5 Å². The van der Waals surface area contributed by atoms with Gasteiger partial charge in [-0.15, -0.1) is 0 Å². The molecule has 16 nitrogen and oxygen atoms in total. The van der Waals surface area contributed by atoms with E-state index in [0.717, 1.165) is 20.2 Å². The van der Waals surface area contributed by atoms with E-state index in [-0.39, 0.29) is 29.0 Å². The number of esters is 3. The molecule has 1 aliphatic rings. The van der Waals surface area contributed by atoms with Crippen LogP contribution in [0.3, 0.4) is 0 Å². The van der Waals surface area contributed by atoms with E-state index in [2.05, 4.69) is 20.8 Å². The van der Waals surface area contributed by atoms with Crippen molar-refractivity contribution in [1.29, 1.82) is 0 Å². The molecule has 0 unspecified atom stereocenters. The summed E-state index contributed by atoms with van der Waals surface area (Å²) < 4.78 is 28.8. The Morgan fingerprint density at radius 1 is 1.07 bits per heavy atom. The molecule has 0 radical (unpaired) electrons. The number of aromatic nitrogens is 3. The van der Waals surface area contributed by atoms with Crippen molar-refractivity contribution in [3.05, 3.63) is 18.1 Å². The second-order valence-corrected chi connectivity index (χ2v) is 10.1. The van der Waals surface area contributed by atoms with E-state index in [4.69, 9.17) is 29.4 Å². The van der Waals surface area contributed by atoms with E-state index in [1.807, 2.05) is 0 Å². The Morgan fingerprint density at radius 3 is 2.33 bits per heavy atom. The Kier molecular flexibility index (Phi) is 8.52. The zero-order chi connectivity index (χ0) is 30.0. The fourth-order valence-corrected chi connectivity index (χ4v) is 4.28. The molecular weight excluding hydrogens is 532 g/mol. The minimum absolute atomic E-state index is 0.0775. The molecule has 3 rings (SSSR count). The predicted molar refractivity (Wildman–Crippen MR) is 135 cm³/mol. The van der Waals surface area contributed by atoms with Crippen molar-refractivity contribution in [3.63, 3.8) is 0 Å². The average Bonchev–Trinajstić information content (AvgIpc) is 3.31. The summed E-state index contributed by atoms with van der Waals surface area (Å²) in [4.78, 5) is 69.1. The number of carbonyl (C=O) groups excluding carboxylic acids is 5. The summed E-state index contributed by atoms with van der Waals surface area (Å²) in [5.41, 5.74) is 7.97. The number of hydrazine groups is 1.